The summed E-state index contributed by atoms with van der Waals surface area (Å²) in [7, 11) is 0. The van der Waals surface area contributed by atoms with Gasteiger partial charge in [0.25, 0.3) is 0 Å². The molecule has 3 aromatic rings. The minimum absolute atomic E-state index is 0.334. The molecule has 6 rings (SSSR count). The van der Waals surface area contributed by atoms with Gasteiger partial charge in [-0.2, -0.15) is 0 Å². The van der Waals surface area contributed by atoms with Crippen LogP contribution in [0.1, 0.15) is 53.7 Å². The molecule has 3 heterocycles. The molecule has 3 saturated heterocycles. The topological polar surface area (TPSA) is 12.5 Å². The standard InChI is InChI=1S/C30H33NOS/c1-4-10-22(11-5-1)25-16-28(29-17-26(20-32-29)23-12-6-2-7-13-23)31(19-25)30-18-27(21-33-30)24-14-8-3-9-15-24/h1-15,25-30H,16-21H2. The zero-order chi connectivity index (χ0) is 22.0. The number of benzene rings is 3. The number of hydrogen-bond acceptors (Lipinski definition) is 3. The van der Waals surface area contributed by atoms with Gasteiger partial charge in [-0.05, 0) is 47.8 Å². The summed E-state index contributed by atoms with van der Waals surface area (Å²) in [5, 5.41) is 0.591. The first-order valence-corrected chi connectivity index (χ1v) is 13.5. The van der Waals surface area contributed by atoms with Gasteiger partial charge in [0, 0.05) is 24.3 Å². The van der Waals surface area contributed by atoms with Gasteiger partial charge < -0.3 is 4.74 Å². The number of ether oxygens (including phenoxy) is 1. The molecular weight excluding hydrogens is 422 g/mol. The van der Waals surface area contributed by atoms with Crippen molar-refractivity contribution >= 4 is 11.8 Å². The molecule has 0 bridgehead atoms. The van der Waals surface area contributed by atoms with Gasteiger partial charge in [-0.3, -0.25) is 4.90 Å². The average Bonchev–Trinajstić information content (AvgIpc) is 3.65. The molecule has 0 radical (unpaired) electrons. The van der Waals surface area contributed by atoms with Crippen LogP contribution in [-0.2, 0) is 4.74 Å². The zero-order valence-electron chi connectivity index (χ0n) is 19.1. The summed E-state index contributed by atoms with van der Waals surface area (Å²) in [5.74, 6) is 3.03. The second-order valence-electron chi connectivity index (χ2n) is 9.95. The van der Waals surface area contributed by atoms with Crippen LogP contribution in [0.15, 0.2) is 91.0 Å². The Morgan fingerprint density at radius 3 is 1.85 bits per heavy atom. The molecular formula is C30H33NOS. The van der Waals surface area contributed by atoms with Crippen LogP contribution in [0.2, 0.25) is 0 Å². The molecule has 170 valence electrons. The number of thioether (sulfide) groups is 1. The first-order valence-electron chi connectivity index (χ1n) is 12.5. The van der Waals surface area contributed by atoms with E-state index in [1.165, 1.54) is 35.3 Å². The summed E-state index contributed by atoms with van der Waals surface area (Å²) in [6.45, 7) is 2.02. The number of rotatable bonds is 5. The highest BCUT2D eigenvalue weighted by molar-refractivity contribution is 8.00. The van der Waals surface area contributed by atoms with E-state index in [0.29, 0.717) is 35.3 Å². The molecule has 3 heteroatoms. The van der Waals surface area contributed by atoms with E-state index in [-0.39, 0.29) is 0 Å². The quantitative estimate of drug-likeness (QED) is 0.427. The predicted molar refractivity (Wildman–Crippen MR) is 138 cm³/mol. The Kier molecular flexibility index (Phi) is 6.28. The molecule has 0 spiro atoms. The summed E-state index contributed by atoms with van der Waals surface area (Å²) in [6, 6.07) is 33.8. The highest BCUT2D eigenvalue weighted by Gasteiger charge is 2.46. The lowest BCUT2D eigenvalue weighted by Gasteiger charge is -2.33. The maximum absolute atomic E-state index is 6.54. The number of likely N-dealkylation sites (tertiary alicyclic amines) is 1. The Morgan fingerprint density at radius 1 is 0.636 bits per heavy atom. The monoisotopic (exact) mass is 455 g/mol. The van der Waals surface area contributed by atoms with E-state index in [1.807, 2.05) is 0 Å². The fourth-order valence-electron chi connectivity index (χ4n) is 6.23. The largest absolute Gasteiger partial charge is 0.376 e. The molecule has 0 saturated carbocycles. The Bertz CT molecular complexity index is 961. The summed E-state index contributed by atoms with van der Waals surface area (Å²) in [6.07, 6.45) is 3.94. The van der Waals surface area contributed by atoms with Crippen LogP contribution in [0.3, 0.4) is 0 Å². The average molecular weight is 456 g/mol. The van der Waals surface area contributed by atoms with E-state index in [9.17, 15) is 0 Å². The Balaban J connectivity index is 1.21. The first-order chi connectivity index (χ1) is 16.3. The van der Waals surface area contributed by atoms with Gasteiger partial charge in [0.2, 0.25) is 0 Å². The zero-order valence-corrected chi connectivity index (χ0v) is 19.9. The highest BCUT2D eigenvalue weighted by atomic mass is 32.2. The van der Waals surface area contributed by atoms with Crippen LogP contribution < -0.4 is 0 Å². The summed E-state index contributed by atoms with van der Waals surface area (Å²) >= 11 is 2.17. The van der Waals surface area contributed by atoms with Crippen LogP contribution in [0.4, 0.5) is 0 Å². The van der Waals surface area contributed by atoms with Gasteiger partial charge >= 0.3 is 0 Å². The van der Waals surface area contributed by atoms with E-state index in [0.717, 1.165) is 19.6 Å². The van der Waals surface area contributed by atoms with Crippen LogP contribution in [-0.4, -0.2) is 41.3 Å². The van der Waals surface area contributed by atoms with Crippen LogP contribution >= 0.6 is 11.8 Å². The highest BCUT2D eigenvalue weighted by Crippen LogP contribution is 2.47. The van der Waals surface area contributed by atoms with Crippen LogP contribution in [0.25, 0.3) is 0 Å². The van der Waals surface area contributed by atoms with Gasteiger partial charge in [0.05, 0.1) is 18.1 Å². The molecule has 0 amide bonds. The molecule has 6 unspecified atom stereocenters. The Hall–Kier alpha value is -2.07. The molecule has 0 N–H and O–H groups in total. The fraction of sp³-hybridized carbons (Fsp3) is 0.400. The van der Waals surface area contributed by atoms with Crippen molar-refractivity contribution in [2.75, 3.05) is 18.9 Å². The normalized spacial score (nSPS) is 32.4. The Labute approximate surface area is 202 Å². The summed E-state index contributed by atoms with van der Waals surface area (Å²) in [5.41, 5.74) is 4.43. The van der Waals surface area contributed by atoms with Crippen molar-refractivity contribution in [2.45, 2.75) is 54.5 Å². The van der Waals surface area contributed by atoms with Gasteiger partial charge in [-0.15, -0.1) is 11.8 Å². The smallest absolute Gasteiger partial charge is 0.0737 e. The molecule has 3 aliphatic heterocycles. The van der Waals surface area contributed by atoms with E-state index < -0.39 is 0 Å². The molecule has 33 heavy (non-hydrogen) atoms. The first kappa shape index (κ1) is 21.5. The van der Waals surface area contributed by atoms with E-state index in [2.05, 4.69) is 108 Å². The molecule has 0 aliphatic carbocycles. The van der Waals surface area contributed by atoms with Crippen molar-refractivity contribution in [3.63, 3.8) is 0 Å². The van der Waals surface area contributed by atoms with E-state index in [1.54, 1.807) is 0 Å². The molecule has 6 atom stereocenters. The minimum atomic E-state index is 0.334. The van der Waals surface area contributed by atoms with Gasteiger partial charge in [-0.25, -0.2) is 0 Å². The van der Waals surface area contributed by atoms with Crippen molar-refractivity contribution in [3.05, 3.63) is 108 Å². The van der Waals surface area contributed by atoms with Crippen molar-refractivity contribution < 1.29 is 4.74 Å². The molecule has 3 fully saturated rings. The maximum atomic E-state index is 6.54. The van der Waals surface area contributed by atoms with E-state index >= 15 is 0 Å². The van der Waals surface area contributed by atoms with Gasteiger partial charge in [0.1, 0.15) is 0 Å². The van der Waals surface area contributed by atoms with Crippen LogP contribution in [0.5, 0.6) is 0 Å². The number of nitrogens with zero attached hydrogens (tertiary/aromatic N) is 1. The van der Waals surface area contributed by atoms with Crippen molar-refractivity contribution in [3.8, 4) is 0 Å². The van der Waals surface area contributed by atoms with Crippen molar-refractivity contribution in [1.82, 2.24) is 4.90 Å². The molecule has 3 aliphatic rings. The predicted octanol–water partition coefficient (Wildman–Crippen LogP) is 6.66. The van der Waals surface area contributed by atoms with E-state index in [4.69, 9.17) is 4.74 Å². The lowest BCUT2D eigenvalue weighted by Crippen LogP contribution is -2.43. The third-order valence-electron chi connectivity index (χ3n) is 8.00. The second-order valence-corrected chi connectivity index (χ2v) is 11.2. The van der Waals surface area contributed by atoms with Crippen molar-refractivity contribution in [1.29, 1.82) is 0 Å². The van der Waals surface area contributed by atoms with Crippen molar-refractivity contribution in [2.24, 2.45) is 0 Å². The maximum Gasteiger partial charge on any atom is 0.0737 e. The number of hydrogen-bond donors (Lipinski definition) is 0. The molecule has 3 aromatic carbocycles. The molecule has 0 aromatic heterocycles. The Morgan fingerprint density at radius 2 is 1.21 bits per heavy atom. The summed E-state index contributed by atoms with van der Waals surface area (Å²) in [4.78, 5) is 2.84. The lowest BCUT2D eigenvalue weighted by atomic mass is 9.90. The molecule has 2 nitrogen and oxygen atoms in total. The SMILES string of the molecule is c1ccc(C2COC(C3CC(c4ccccc4)CN3C3CC(c4ccccc4)CS3)C2)cc1. The fourth-order valence-corrected chi connectivity index (χ4v) is 7.82. The lowest BCUT2D eigenvalue weighted by molar-refractivity contribution is 0.0366. The minimum Gasteiger partial charge on any atom is -0.376 e. The second kappa shape index (κ2) is 9.66. The third-order valence-corrected chi connectivity index (χ3v) is 9.44. The van der Waals surface area contributed by atoms with Gasteiger partial charge in [0.15, 0.2) is 0 Å². The third kappa shape index (κ3) is 4.51. The van der Waals surface area contributed by atoms with Gasteiger partial charge in [-0.1, -0.05) is 91.0 Å². The van der Waals surface area contributed by atoms with Crippen LogP contribution in [0, 0.1) is 0 Å². The summed E-state index contributed by atoms with van der Waals surface area (Å²) < 4.78 is 6.54.